The van der Waals surface area contributed by atoms with E-state index in [1.165, 1.54) is 4.90 Å². The third kappa shape index (κ3) is 4.14. The zero-order valence-electron chi connectivity index (χ0n) is 19.8. The summed E-state index contributed by atoms with van der Waals surface area (Å²) >= 11 is 0. The Hall–Kier alpha value is -4.70. The van der Waals surface area contributed by atoms with E-state index in [0.29, 0.717) is 23.2 Å². The highest BCUT2D eigenvalue weighted by Gasteiger charge is 2.44. The number of aryl methyl sites for hydroxylation is 1. The predicted octanol–water partition coefficient (Wildman–Crippen LogP) is 4.37. The van der Waals surface area contributed by atoms with Gasteiger partial charge in [0.15, 0.2) is 0 Å². The van der Waals surface area contributed by atoms with E-state index in [9.17, 15) is 14.4 Å². The second-order valence-electron chi connectivity index (χ2n) is 8.87. The Kier molecular flexibility index (Phi) is 6.09. The number of anilines is 1. The first-order chi connectivity index (χ1) is 17.5. The first kappa shape index (κ1) is 23.1. The van der Waals surface area contributed by atoms with Crippen LogP contribution in [0.4, 0.5) is 5.69 Å². The number of carbonyl (C=O) groups is 3. The molecule has 5 rings (SSSR count). The monoisotopic (exact) mass is 476 g/mol. The lowest BCUT2D eigenvalue weighted by molar-refractivity contribution is -0.122. The number of rotatable bonds is 6. The van der Waals surface area contributed by atoms with E-state index >= 15 is 0 Å². The van der Waals surface area contributed by atoms with Crippen LogP contribution in [0.5, 0.6) is 0 Å². The summed E-state index contributed by atoms with van der Waals surface area (Å²) in [6, 6.07) is 22.6. The normalized spacial score (nSPS) is 15.3. The lowest BCUT2D eigenvalue weighted by Gasteiger charge is -2.28. The fraction of sp³-hybridized carbons (Fsp3) is 0.172. The summed E-state index contributed by atoms with van der Waals surface area (Å²) in [5.74, 6) is -1.09. The average Bonchev–Trinajstić information content (AvgIpc) is 3.44. The van der Waals surface area contributed by atoms with Gasteiger partial charge in [0, 0.05) is 29.2 Å². The van der Waals surface area contributed by atoms with Gasteiger partial charge in [-0.2, -0.15) is 5.26 Å². The Bertz CT molecular complexity index is 1510. The van der Waals surface area contributed by atoms with Crippen molar-refractivity contribution in [1.82, 2.24) is 9.88 Å². The summed E-state index contributed by atoms with van der Waals surface area (Å²) in [5.41, 5.74) is 4.18. The number of nitriles is 1. The number of H-pyrrole nitrogens is 1. The molecule has 0 radical (unpaired) electrons. The molecule has 0 spiro atoms. The summed E-state index contributed by atoms with van der Waals surface area (Å²) in [4.78, 5) is 46.2. The van der Waals surface area contributed by atoms with Crippen molar-refractivity contribution >= 4 is 34.3 Å². The quantitative estimate of drug-likeness (QED) is 0.418. The summed E-state index contributed by atoms with van der Waals surface area (Å²) in [5, 5.41) is 10.1. The van der Waals surface area contributed by atoms with Crippen LogP contribution in [0.2, 0.25) is 0 Å². The van der Waals surface area contributed by atoms with Gasteiger partial charge in [0.1, 0.15) is 6.04 Å². The zero-order chi connectivity index (χ0) is 25.2. The van der Waals surface area contributed by atoms with E-state index in [2.05, 4.69) is 4.98 Å². The fourth-order valence-electron chi connectivity index (χ4n) is 4.76. The van der Waals surface area contributed by atoms with E-state index < -0.39 is 11.9 Å². The molecule has 1 aromatic heterocycles. The van der Waals surface area contributed by atoms with Gasteiger partial charge in [-0.15, -0.1) is 0 Å². The number of hydrogen-bond donors (Lipinski definition) is 1. The van der Waals surface area contributed by atoms with Crippen LogP contribution in [-0.4, -0.2) is 40.2 Å². The topological polar surface area (TPSA) is 97.3 Å². The van der Waals surface area contributed by atoms with Gasteiger partial charge in [-0.3, -0.25) is 14.4 Å². The second kappa shape index (κ2) is 9.51. The van der Waals surface area contributed by atoms with Crippen LogP contribution >= 0.6 is 0 Å². The molecule has 1 N–H and O–H groups in total. The molecule has 0 aliphatic carbocycles. The predicted molar refractivity (Wildman–Crippen MR) is 136 cm³/mol. The number of aromatic amines is 1. The van der Waals surface area contributed by atoms with E-state index in [0.717, 1.165) is 26.9 Å². The molecule has 1 aliphatic rings. The van der Waals surface area contributed by atoms with Crippen molar-refractivity contribution in [2.24, 2.45) is 0 Å². The van der Waals surface area contributed by atoms with Crippen molar-refractivity contribution in [2.75, 3.05) is 11.4 Å². The van der Waals surface area contributed by atoms with Crippen molar-refractivity contribution in [1.29, 1.82) is 5.26 Å². The molecule has 1 aliphatic heterocycles. The van der Waals surface area contributed by atoms with Crippen LogP contribution in [0.25, 0.3) is 10.9 Å². The molecule has 36 heavy (non-hydrogen) atoms. The summed E-state index contributed by atoms with van der Waals surface area (Å²) < 4.78 is 0. The van der Waals surface area contributed by atoms with Crippen LogP contribution in [0.1, 0.15) is 33.5 Å². The van der Waals surface area contributed by atoms with Gasteiger partial charge in [-0.1, -0.05) is 36.4 Å². The molecule has 4 aromatic rings. The lowest BCUT2D eigenvalue weighted by Crippen LogP contribution is -2.46. The number of nitrogens with one attached hydrogen (secondary N) is 1. The minimum absolute atomic E-state index is 0.0929. The molecule has 1 saturated heterocycles. The zero-order valence-corrected chi connectivity index (χ0v) is 19.8. The summed E-state index contributed by atoms with van der Waals surface area (Å²) in [6.07, 6.45) is 2.35. The number of aromatic nitrogens is 1. The van der Waals surface area contributed by atoms with Crippen LogP contribution in [-0.2, 0) is 16.0 Å². The number of amides is 3. The maximum Gasteiger partial charge on any atom is 0.257 e. The van der Waals surface area contributed by atoms with Gasteiger partial charge in [0.05, 0.1) is 23.7 Å². The highest BCUT2D eigenvalue weighted by Crippen LogP contribution is 2.28. The molecule has 7 heteroatoms. The fourth-order valence-corrected chi connectivity index (χ4v) is 4.76. The molecular weight excluding hydrogens is 452 g/mol. The van der Waals surface area contributed by atoms with Crippen LogP contribution in [0.3, 0.4) is 0 Å². The van der Waals surface area contributed by atoms with Gasteiger partial charge in [-0.25, -0.2) is 4.90 Å². The van der Waals surface area contributed by atoms with E-state index in [-0.39, 0.29) is 24.8 Å². The smallest absolute Gasteiger partial charge is 0.257 e. The summed E-state index contributed by atoms with van der Waals surface area (Å²) in [6.45, 7) is 2.13. The van der Waals surface area contributed by atoms with Crippen LogP contribution in [0.15, 0.2) is 79.0 Å². The standard InChI is InChI=1S/C29H24N4O3/c1-19-6-2-3-7-23(19)28(35)32(15-14-21-18-31-25-9-5-4-8-24(21)25)26-16-27(34)33(29(26)36)22-12-10-20(17-30)11-13-22/h2-13,18,26,31H,14-16H2,1H3. The Balaban J connectivity index is 1.47. The highest BCUT2D eigenvalue weighted by atomic mass is 16.2. The number of imide groups is 1. The van der Waals surface area contributed by atoms with Gasteiger partial charge in [0.25, 0.3) is 11.8 Å². The molecule has 0 bridgehead atoms. The van der Waals surface area contributed by atoms with Gasteiger partial charge in [-0.05, 0) is 60.9 Å². The lowest BCUT2D eigenvalue weighted by atomic mass is 10.0. The Morgan fingerprint density at radius 1 is 1.06 bits per heavy atom. The molecule has 1 unspecified atom stereocenters. The highest BCUT2D eigenvalue weighted by molar-refractivity contribution is 6.23. The van der Waals surface area contributed by atoms with Gasteiger partial charge < -0.3 is 9.88 Å². The van der Waals surface area contributed by atoms with E-state index in [1.807, 2.05) is 55.6 Å². The molecular formula is C29H24N4O3. The SMILES string of the molecule is Cc1ccccc1C(=O)N(CCc1c[nH]c2ccccc12)C1CC(=O)N(c2ccc(C#N)cc2)C1=O. The first-order valence-electron chi connectivity index (χ1n) is 11.8. The first-order valence-corrected chi connectivity index (χ1v) is 11.8. The third-order valence-electron chi connectivity index (χ3n) is 6.69. The van der Waals surface area contributed by atoms with Crippen LogP contribution < -0.4 is 4.90 Å². The second-order valence-corrected chi connectivity index (χ2v) is 8.87. The molecule has 178 valence electrons. The largest absolute Gasteiger partial charge is 0.361 e. The van der Waals surface area contributed by atoms with E-state index in [4.69, 9.17) is 5.26 Å². The Morgan fingerprint density at radius 3 is 2.53 bits per heavy atom. The molecule has 3 amide bonds. The number of hydrogen-bond acceptors (Lipinski definition) is 4. The van der Waals surface area contributed by atoms with E-state index in [1.54, 1.807) is 36.4 Å². The Labute approximate surface area is 208 Å². The van der Waals surface area contributed by atoms with Crippen molar-refractivity contribution in [2.45, 2.75) is 25.8 Å². The van der Waals surface area contributed by atoms with Crippen molar-refractivity contribution < 1.29 is 14.4 Å². The summed E-state index contributed by atoms with van der Waals surface area (Å²) in [7, 11) is 0. The minimum Gasteiger partial charge on any atom is -0.361 e. The molecule has 1 fully saturated rings. The number of para-hydroxylation sites is 1. The van der Waals surface area contributed by atoms with Crippen molar-refractivity contribution in [3.63, 3.8) is 0 Å². The average molecular weight is 477 g/mol. The number of benzene rings is 3. The molecule has 0 saturated carbocycles. The third-order valence-corrected chi connectivity index (χ3v) is 6.69. The van der Waals surface area contributed by atoms with Gasteiger partial charge in [0.2, 0.25) is 5.91 Å². The molecule has 1 atom stereocenters. The Morgan fingerprint density at radius 2 is 1.78 bits per heavy atom. The maximum absolute atomic E-state index is 13.8. The number of nitrogens with zero attached hydrogens (tertiary/aromatic N) is 3. The minimum atomic E-state index is -0.912. The number of fused-ring (bicyclic) bond motifs is 1. The van der Waals surface area contributed by atoms with Crippen molar-refractivity contribution in [3.05, 3.63) is 101 Å². The molecule has 2 heterocycles. The van der Waals surface area contributed by atoms with Crippen molar-refractivity contribution in [3.8, 4) is 6.07 Å². The van der Waals surface area contributed by atoms with Gasteiger partial charge >= 0.3 is 0 Å². The number of carbonyl (C=O) groups excluding carboxylic acids is 3. The molecule has 7 nitrogen and oxygen atoms in total. The molecule has 3 aromatic carbocycles. The van der Waals surface area contributed by atoms with Crippen LogP contribution in [0, 0.1) is 18.3 Å². The maximum atomic E-state index is 13.8.